The molecule has 0 spiro atoms. The SMILES string of the molecule is OC[C@@H]1CN(C(c2ccc(F)cc2)c2ccc(F)cc2)CCN1. The van der Waals surface area contributed by atoms with Gasteiger partial charge in [0, 0.05) is 25.7 Å². The lowest BCUT2D eigenvalue weighted by Crippen LogP contribution is -2.53. The fourth-order valence-corrected chi connectivity index (χ4v) is 3.11. The fraction of sp³-hybridized carbons (Fsp3) is 0.333. The predicted octanol–water partition coefficient (Wildman–Crippen LogP) is 2.32. The number of benzene rings is 2. The smallest absolute Gasteiger partial charge is 0.123 e. The summed E-state index contributed by atoms with van der Waals surface area (Å²) >= 11 is 0. The summed E-state index contributed by atoms with van der Waals surface area (Å²) in [5, 5.41) is 12.7. The number of piperazine rings is 1. The summed E-state index contributed by atoms with van der Waals surface area (Å²) in [7, 11) is 0. The lowest BCUT2D eigenvalue weighted by atomic mass is 9.95. The third-order valence-corrected chi connectivity index (χ3v) is 4.24. The second-order valence-corrected chi connectivity index (χ2v) is 5.83. The Labute approximate surface area is 134 Å². The average Bonchev–Trinajstić information content (AvgIpc) is 2.59. The van der Waals surface area contributed by atoms with Crippen molar-refractivity contribution in [1.29, 1.82) is 0 Å². The third kappa shape index (κ3) is 3.75. The normalized spacial score (nSPS) is 19.2. The molecule has 0 amide bonds. The Balaban J connectivity index is 1.95. The van der Waals surface area contributed by atoms with Crippen LogP contribution in [-0.2, 0) is 0 Å². The summed E-state index contributed by atoms with van der Waals surface area (Å²) in [6, 6.07) is 12.7. The Morgan fingerprint density at radius 2 is 1.52 bits per heavy atom. The highest BCUT2D eigenvalue weighted by atomic mass is 19.1. The highest BCUT2D eigenvalue weighted by molar-refractivity contribution is 5.32. The predicted molar refractivity (Wildman–Crippen MR) is 85.1 cm³/mol. The van der Waals surface area contributed by atoms with E-state index in [0.29, 0.717) is 6.54 Å². The number of halogens is 2. The van der Waals surface area contributed by atoms with Crippen LogP contribution in [0.1, 0.15) is 17.2 Å². The van der Waals surface area contributed by atoms with Crippen LogP contribution in [0.15, 0.2) is 48.5 Å². The molecule has 1 aliphatic heterocycles. The standard InChI is InChI=1S/C18H20F2N2O/c19-15-5-1-13(2-6-15)18(14-3-7-16(20)8-4-14)22-10-9-21-17(11-22)12-23/h1-8,17-18,21,23H,9-12H2/t17-/m0/s1. The van der Waals surface area contributed by atoms with Crippen LogP contribution in [0.5, 0.6) is 0 Å². The van der Waals surface area contributed by atoms with Gasteiger partial charge in [0.2, 0.25) is 0 Å². The topological polar surface area (TPSA) is 35.5 Å². The first-order valence-electron chi connectivity index (χ1n) is 7.76. The second kappa shape index (κ2) is 7.17. The van der Waals surface area contributed by atoms with Crippen LogP contribution in [0, 0.1) is 11.6 Å². The van der Waals surface area contributed by atoms with E-state index < -0.39 is 0 Å². The minimum absolute atomic E-state index is 0.00662. The van der Waals surface area contributed by atoms with Crippen LogP contribution >= 0.6 is 0 Å². The molecule has 3 nitrogen and oxygen atoms in total. The third-order valence-electron chi connectivity index (χ3n) is 4.24. The summed E-state index contributed by atoms with van der Waals surface area (Å²) in [5.74, 6) is -0.555. The second-order valence-electron chi connectivity index (χ2n) is 5.83. The van der Waals surface area contributed by atoms with Gasteiger partial charge in [-0.15, -0.1) is 0 Å². The van der Waals surface area contributed by atoms with Gasteiger partial charge in [-0.25, -0.2) is 8.78 Å². The molecule has 3 rings (SSSR count). The van der Waals surface area contributed by atoms with E-state index in [1.165, 1.54) is 24.3 Å². The first kappa shape index (κ1) is 16.1. The van der Waals surface area contributed by atoms with Crippen molar-refractivity contribution < 1.29 is 13.9 Å². The zero-order chi connectivity index (χ0) is 16.2. The van der Waals surface area contributed by atoms with Crippen LogP contribution in [-0.4, -0.2) is 42.3 Å². The van der Waals surface area contributed by atoms with Crippen molar-refractivity contribution in [3.8, 4) is 0 Å². The molecule has 122 valence electrons. The number of rotatable bonds is 4. The summed E-state index contributed by atoms with van der Waals surface area (Å²) < 4.78 is 26.5. The molecule has 1 fully saturated rings. The van der Waals surface area contributed by atoms with Crippen molar-refractivity contribution in [2.45, 2.75) is 12.1 Å². The number of nitrogens with zero attached hydrogens (tertiary/aromatic N) is 1. The molecule has 1 atom stereocenters. The van der Waals surface area contributed by atoms with E-state index in [4.69, 9.17) is 0 Å². The number of hydrogen-bond donors (Lipinski definition) is 2. The van der Waals surface area contributed by atoms with Gasteiger partial charge in [-0.1, -0.05) is 24.3 Å². The number of aliphatic hydroxyl groups is 1. The molecule has 1 heterocycles. The molecular weight excluding hydrogens is 298 g/mol. The van der Waals surface area contributed by atoms with Gasteiger partial charge in [-0.2, -0.15) is 0 Å². The van der Waals surface area contributed by atoms with Gasteiger partial charge < -0.3 is 10.4 Å². The Kier molecular flexibility index (Phi) is 5.00. The summed E-state index contributed by atoms with van der Waals surface area (Å²) in [5.41, 5.74) is 1.91. The minimum Gasteiger partial charge on any atom is -0.395 e. The van der Waals surface area contributed by atoms with Crippen molar-refractivity contribution in [3.63, 3.8) is 0 Å². The highest BCUT2D eigenvalue weighted by Gasteiger charge is 2.27. The first-order valence-corrected chi connectivity index (χ1v) is 7.76. The lowest BCUT2D eigenvalue weighted by Gasteiger charge is -2.39. The molecule has 0 aromatic heterocycles. The van der Waals surface area contributed by atoms with Gasteiger partial charge in [0.05, 0.1) is 12.6 Å². The van der Waals surface area contributed by atoms with Gasteiger partial charge in [0.15, 0.2) is 0 Å². The van der Waals surface area contributed by atoms with Gasteiger partial charge >= 0.3 is 0 Å². The van der Waals surface area contributed by atoms with Crippen LogP contribution in [0.3, 0.4) is 0 Å². The molecule has 2 aromatic carbocycles. The van der Waals surface area contributed by atoms with Crippen LogP contribution < -0.4 is 5.32 Å². The fourth-order valence-electron chi connectivity index (χ4n) is 3.11. The number of nitrogens with one attached hydrogen (secondary N) is 1. The first-order chi connectivity index (χ1) is 11.2. The summed E-state index contributed by atoms with van der Waals surface area (Å²) in [4.78, 5) is 2.23. The van der Waals surface area contributed by atoms with Gasteiger partial charge in [-0.05, 0) is 35.4 Å². The lowest BCUT2D eigenvalue weighted by molar-refractivity contribution is 0.126. The Morgan fingerprint density at radius 1 is 1.00 bits per heavy atom. The molecule has 1 saturated heterocycles. The van der Waals surface area contributed by atoms with Crippen LogP contribution in [0.4, 0.5) is 8.78 Å². The molecule has 0 saturated carbocycles. The van der Waals surface area contributed by atoms with Crippen LogP contribution in [0.25, 0.3) is 0 Å². The zero-order valence-corrected chi connectivity index (χ0v) is 12.8. The number of hydrogen-bond acceptors (Lipinski definition) is 3. The maximum atomic E-state index is 13.3. The van der Waals surface area contributed by atoms with E-state index in [9.17, 15) is 13.9 Å². The van der Waals surface area contributed by atoms with E-state index in [-0.39, 0.29) is 30.3 Å². The summed E-state index contributed by atoms with van der Waals surface area (Å²) in [6.45, 7) is 2.31. The van der Waals surface area contributed by atoms with E-state index >= 15 is 0 Å². The minimum atomic E-state index is -0.278. The van der Waals surface area contributed by atoms with Crippen molar-refractivity contribution in [2.75, 3.05) is 26.2 Å². The summed E-state index contributed by atoms with van der Waals surface area (Å²) in [6.07, 6.45) is 0. The number of aliphatic hydroxyl groups excluding tert-OH is 1. The molecule has 2 N–H and O–H groups in total. The van der Waals surface area contributed by atoms with Crippen molar-refractivity contribution in [2.24, 2.45) is 0 Å². The van der Waals surface area contributed by atoms with Crippen LogP contribution in [0.2, 0.25) is 0 Å². The Hall–Kier alpha value is -1.82. The van der Waals surface area contributed by atoms with Gasteiger partial charge in [-0.3, -0.25) is 4.90 Å². The highest BCUT2D eigenvalue weighted by Crippen LogP contribution is 2.29. The maximum Gasteiger partial charge on any atom is 0.123 e. The monoisotopic (exact) mass is 318 g/mol. The Morgan fingerprint density at radius 3 is 2.00 bits per heavy atom. The molecule has 0 aliphatic carbocycles. The van der Waals surface area contributed by atoms with Crippen molar-refractivity contribution in [1.82, 2.24) is 10.2 Å². The molecule has 5 heteroatoms. The van der Waals surface area contributed by atoms with E-state index in [1.54, 1.807) is 24.3 Å². The molecule has 1 aliphatic rings. The van der Waals surface area contributed by atoms with Gasteiger partial charge in [0.25, 0.3) is 0 Å². The quantitative estimate of drug-likeness (QED) is 0.908. The van der Waals surface area contributed by atoms with Crippen molar-refractivity contribution in [3.05, 3.63) is 71.3 Å². The molecule has 23 heavy (non-hydrogen) atoms. The average molecular weight is 318 g/mol. The maximum absolute atomic E-state index is 13.3. The largest absolute Gasteiger partial charge is 0.395 e. The molecule has 0 bridgehead atoms. The molecule has 2 aromatic rings. The van der Waals surface area contributed by atoms with E-state index in [1.807, 2.05) is 0 Å². The van der Waals surface area contributed by atoms with Gasteiger partial charge in [0.1, 0.15) is 11.6 Å². The Bertz CT molecular complexity index is 585. The molecular formula is C18H20F2N2O. The molecule has 0 radical (unpaired) electrons. The van der Waals surface area contributed by atoms with Crippen molar-refractivity contribution >= 4 is 0 Å². The zero-order valence-electron chi connectivity index (χ0n) is 12.8. The molecule has 0 unspecified atom stereocenters. The van der Waals surface area contributed by atoms with E-state index in [2.05, 4.69) is 10.2 Å². The van der Waals surface area contributed by atoms with E-state index in [0.717, 1.165) is 24.2 Å².